The molecular weight excluding hydrogens is 250 g/mol. The molecule has 1 aromatic heterocycles. The van der Waals surface area contributed by atoms with E-state index in [1.165, 1.54) is 0 Å². The molecule has 18 heavy (non-hydrogen) atoms. The lowest BCUT2D eigenvalue weighted by Gasteiger charge is -2.08. The van der Waals surface area contributed by atoms with Gasteiger partial charge in [-0.15, -0.1) is 0 Å². The summed E-state index contributed by atoms with van der Waals surface area (Å²) in [5.74, 6) is -0.789. The highest BCUT2D eigenvalue weighted by atomic mass is 35.5. The summed E-state index contributed by atoms with van der Waals surface area (Å²) < 4.78 is 1.96. The lowest BCUT2D eigenvalue weighted by molar-refractivity contribution is -0.137. The van der Waals surface area contributed by atoms with Crippen molar-refractivity contribution in [2.24, 2.45) is 0 Å². The van der Waals surface area contributed by atoms with E-state index >= 15 is 0 Å². The van der Waals surface area contributed by atoms with Crippen molar-refractivity contribution in [1.82, 2.24) is 4.57 Å². The first-order valence-electron chi connectivity index (χ1n) is 5.71. The summed E-state index contributed by atoms with van der Waals surface area (Å²) in [6.07, 6.45) is 2.08. The van der Waals surface area contributed by atoms with Gasteiger partial charge in [-0.2, -0.15) is 0 Å². The van der Waals surface area contributed by atoms with E-state index in [0.29, 0.717) is 11.6 Å². The van der Waals surface area contributed by atoms with Crippen LogP contribution in [0.3, 0.4) is 0 Å². The van der Waals surface area contributed by atoms with Gasteiger partial charge in [-0.05, 0) is 36.2 Å². The Balaban J connectivity index is 2.31. The Kier molecular flexibility index (Phi) is 3.72. The lowest BCUT2D eigenvalue weighted by Crippen LogP contribution is -2.04. The number of rotatable bonds is 4. The molecule has 0 bridgehead atoms. The van der Waals surface area contributed by atoms with Crippen molar-refractivity contribution >= 4 is 17.6 Å². The molecule has 1 N–H and O–H groups in total. The molecule has 0 saturated carbocycles. The molecule has 0 atom stereocenters. The van der Waals surface area contributed by atoms with Crippen LogP contribution in [0, 0.1) is 6.92 Å². The highest BCUT2D eigenvalue weighted by Gasteiger charge is 2.07. The predicted molar refractivity (Wildman–Crippen MR) is 71.9 cm³/mol. The standard InChI is InChI=1S/C14H14ClNO2/c1-10-8-13(11-2-4-12(15)5-3-11)16(9-10)7-6-14(17)18/h2-5,8-9H,6-7H2,1H3,(H,17,18). The van der Waals surface area contributed by atoms with Gasteiger partial charge in [0.25, 0.3) is 0 Å². The van der Waals surface area contributed by atoms with E-state index in [1.54, 1.807) is 0 Å². The fourth-order valence-corrected chi connectivity index (χ4v) is 2.05. The van der Waals surface area contributed by atoms with Crippen molar-refractivity contribution < 1.29 is 9.90 Å². The normalized spacial score (nSPS) is 10.6. The summed E-state index contributed by atoms with van der Waals surface area (Å²) in [6, 6.07) is 9.59. The van der Waals surface area contributed by atoms with E-state index in [-0.39, 0.29) is 6.42 Å². The van der Waals surface area contributed by atoms with E-state index < -0.39 is 5.97 Å². The Morgan fingerprint density at radius 3 is 2.61 bits per heavy atom. The van der Waals surface area contributed by atoms with Crippen LogP contribution < -0.4 is 0 Å². The zero-order valence-corrected chi connectivity index (χ0v) is 10.8. The van der Waals surface area contributed by atoms with E-state index in [0.717, 1.165) is 16.8 Å². The number of aliphatic carboxylic acids is 1. The maximum atomic E-state index is 10.6. The molecule has 94 valence electrons. The fraction of sp³-hybridized carbons (Fsp3) is 0.214. The maximum Gasteiger partial charge on any atom is 0.305 e. The van der Waals surface area contributed by atoms with Gasteiger partial charge in [-0.1, -0.05) is 23.7 Å². The third kappa shape index (κ3) is 2.93. The van der Waals surface area contributed by atoms with Gasteiger partial charge >= 0.3 is 5.97 Å². The van der Waals surface area contributed by atoms with Gasteiger partial charge in [-0.25, -0.2) is 0 Å². The number of hydrogen-bond acceptors (Lipinski definition) is 1. The van der Waals surface area contributed by atoms with E-state index in [4.69, 9.17) is 16.7 Å². The second-order valence-electron chi connectivity index (χ2n) is 4.25. The molecule has 0 saturated heterocycles. The minimum absolute atomic E-state index is 0.120. The Bertz CT molecular complexity index is 558. The third-order valence-corrected chi connectivity index (χ3v) is 2.99. The van der Waals surface area contributed by atoms with Crippen LogP contribution in [-0.2, 0) is 11.3 Å². The Morgan fingerprint density at radius 1 is 1.33 bits per heavy atom. The summed E-state index contributed by atoms with van der Waals surface area (Å²) in [7, 11) is 0. The van der Waals surface area contributed by atoms with Crippen molar-refractivity contribution in [3.8, 4) is 11.3 Å². The average molecular weight is 264 g/mol. The van der Waals surface area contributed by atoms with E-state index in [9.17, 15) is 4.79 Å². The van der Waals surface area contributed by atoms with Crippen LogP contribution in [0.25, 0.3) is 11.3 Å². The van der Waals surface area contributed by atoms with Gasteiger partial charge in [-0.3, -0.25) is 4.79 Å². The number of carboxylic acid groups (broad SMARTS) is 1. The molecule has 4 heteroatoms. The number of aryl methyl sites for hydroxylation is 2. The number of aromatic nitrogens is 1. The smallest absolute Gasteiger partial charge is 0.305 e. The molecule has 2 aromatic rings. The van der Waals surface area contributed by atoms with Gasteiger partial charge in [0.05, 0.1) is 6.42 Å². The molecule has 0 fully saturated rings. The molecule has 1 heterocycles. The van der Waals surface area contributed by atoms with Gasteiger partial charge in [0.1, 0.15) is 0 Å². The first-order chi connectivity index (χ1) is 8.56. The Hall–Kier alpha value is -1.74. The number of nitrogens with zero attached hydrogens (tertiary/aromatic N) is 1. The van der Waals surface area contributed by atoms with Gasteiger partial charge in [0, 0.05) is 23.5 Å². The number of benzene rings is 1. The summed E-state index contributed by atoms with van der Waals surface area (Å²) in [4.78, 5) is 10.6. The Labute approximate surface area is 111 Å². The number of carbonyl (C=O) groups is 1. The van der Waals surface area contributed by atoms with Crippen LogP contribution in [0.5, 0.6) is 0 Å². The quantitative estimate of drug-likeness (QED) is 0.916. The molecule has 0 unspecified atom stereocenters. The Morgan fingerprint density at radius 2 is 2.00 bits per heavy atom. The molecular formula is C14H14ClNO2. The second-order valence-corrected chi connectivity index (χ2v) is 4.68. The number of hydrogen-bond donors (Lipinski definition) is 1. The van der Waals surface area contributed by atoms with Crippen molar-refractivity contribution in [3.63, 3.8) is 0 Å². The second kappa shape index (κ2) is 5.27. The largest absolute Gasteiger partial charge is 0.481 e. The van der Waals surface area contributed by atoms with Gasteiger partial charge < -0.3 is 9.67 Å². The molecule has 0 spiro atoms. The molecule has 0 aliphatic carbocycles. The predicted octanol–water partition coefficient (Wildman–Crippen LogP) is 3.59. The average Bonchev–Trinajstić information content (AvgIpc) is 2.69. The van der Waals surface area contributed by atoms with Crippen molar-refractivity contribution in [3.05, 3.63) is 47.1 Å². The van der Waals surface area contributed by atoms with Crippen molar-refractivity contribution in [2.45, 2.75) is 19.9 Å². The topological polar surface area (TPSA) is 42.2 Å². The van der Waals surface area contributed by atoms with Crippen LogP contribution in [0.4, 0.5) is 0 Å². The maximum absolute atomic E-state index is 10.6. The SMILES string of the molecule is Cc1cc(-c2ccc(Cl)cc2)n(CCC(=O)O)c1. The van der Waals surface area contributed by atoms with Crippen molar-refractivity contribution in [1.29, 1.82) is 0 Å². The molecule has 1 aromatic carbocycles. The van der Waals surface area contributed by atoms with Crippen LogP contribution in [0.1, 0.15) is 12.0 Å². The van der Waals surface area contributed by atoms with E-state index in [2.05, 4.69) is 0 Å². The lowest BCUT2D eigenvalue weighted by atomic mass is 10.1. The van der Waals surface area contributed by atoms with Gasteiger partial charge in [0.2, 0.25) is 0 Å². The summed E-state index contributed by atoms with van der Waals surface area (Å²) in [5.41, 5.74) is 3.17. The van der Waals surface area contributed by atoms with E-state index in [1.807, 2.05) is 48.0 Å². The van der Waals surface area contributed by atoms with Crippen molar-refractivity contribution in [2.75, 3.05) is 0 Å². The fourth-order valence-electron chi connectivity index (χ4n) is 1.92. The minimum atomic E-state index is -0.789. The molecule has 0 radical (unpaired) electrons. The van der Waals surface area contributed by atoms with Crippen LogP contribution in [0.15, 0.2) is 36.5 Å². The van der Waals surface area contributed by atoms with Crippen LogP contribution >= 0.6 is 11.6 Å². The highest BCUT2D eigenvalue weighted by molar-refractivity contribution is 6.30. The molecule has 0 aliphatic heterocycles. The number of halogens is 1. The summed E-state index contributed by atoms with van der Waals surface area (Å²) in [5, 5.41) is 9.44. The first kappa shape index (κ1) is 12.7. The molecule has 2 rings (SSSR count). The molecule has 0 amide bonds. The highest BCUT2D eigenvalue weighted by Crippen LogP contribution is 2.24. The minimum Gasteiger partial charge on any atom is -0.481 e. The van der Waals surface area contributed by atoms with Gasteiger partial charge in [0.15, 0.2) is 0 Å². The molecule has 3 nitrogen and oxygen atoms in total. The van der Waals surface area contributed by atoms with Crippen LogP contribution in [-0.4, -0.2) is 15.6 Å². The molecule has 0 aliphatic rings. The monoisotopic (exact) mass is 263 g/mol. The summed E-state index contributed by atoms with van der Waals surface area (Å²) in [6.45, 7) is 2.47. The van der Waals surface area contributed by atoms with Crippen LogP contribution in [0.2, 0.25) is 5.02 Å². The zero-order chi connectivity index (χ0) is 13.1. The number of carboxylic acids is 1. The first-order valence-corrected chi connectivity index (χ1v) is 6.08. The third-order valence-electron chi connectivity index (χ3n) is 2.74. The summed E-state index contributed by atoms with van der Waals surface area (Å²) >= 11 is 5.86. The zero-order valence-electron chi connectivity index (χ0n) is 10.1.